The normalized spacial score (nSPS) is 10.4. The summed E-state index contributed by atoms with van der Waals surface area (Å²) in [7, 11) is 0. The zero-order valence-corrected chi connectivity index (χ0v) is 11.3. The number of benzene rings is 1. The second kappa shape index (κ2) is 6.90. The first-order chi connectivity index (χ1) is 9.29. The van der Waals surface area contributed by atoms with Crippen molar-refractivity contribution < 1.29 is 4.74 Å². The van der Waals surface area contributed by atoms with Gasteiger partial charge in [-0.1, -0.05) is 17.7 Å². The molecule has 0 saturated heterocycles. The number of aromatic nitrogens is 1. The summed E-state index contributed by atoms with van der Waals surface area (Å²) in [4.78, 5) is 4.01. The van der Waals surface area contributed by atoms with Gasteiger partial charge >= 0.3 is 0 Å². The van der Waals surface area contributed by atoms with E-state index in [1.54, 1.807) is 0 Å². The molecule has 100 valence electrons. The van der Waals surface area contributed by atoms with E-state index < -0.39 is 0 Å². The maximum Gasteiger partial charge on any atom is 0.123 e. The third kappa shape index (κ3) is 4.07. The predicted octanol–water partition coefficient (Wildman–Crippen LogP) is 2.86. The van der Waals surface area contributed by atoms with Gasteiger partial charge in [-0.3, -0.25) is 4.98 Å². The second-order valence-corrected chi connectivity index (χ2v) is 4.62. The Hall–Kier alpha value is -1.87. The lowest BCUT2D eigenvalue weighted by atomic mass is 10.1. The molecule has 0 amide bonds. The van der Waals surface area contributed by atoms with Crippen LogP contribution >= 0.6 is 0 Å². The molecule has 19 heavy (non-hydrogen) atoms. The van der Waals surface area contributed by atoms with Gasteiger partial charge in [0.25, 0.3) is 0 Å². The molecular formula is C16H20N2O. The van der Waals surface area contributed by atoms with Crippen molar-refractivity contribution in [2.75, 3.05) is 6.61 Å². The Labute approximate surface area is 114 Å². The second-order valence-electron chi connectivity index (χ2n) is 4.62. The third-order valence-corrected chi connectivity index (χ3v) is 3.05. The SMILES string of the molecule is Cc1ccc(OCCCc2ccncc2)c(CN)c1. The molecule has 0 radical (unpaired) electrons. The maximum atomic E-state index is 5.81. The zero-order valence-electron chi connectivity index (χ0n) is 11.3. The Morgan fingerprint density at radius 1 is 1.16 bits per heavy atom. The van der Waals surface area contributed by atoms with E-state index in [0.29, 0.717) is 13.2 Å². The Bertz CT molecular complexity index is 511. The number of rotatable bonds is 6. The van der Waals surface area contributed by atoms with Crippen molar-refractivity contribution in [1.29, 1.82) is 0 Å². The van der Waals surface area contributed by atoms with Gasteiger partial charge in [-0.15, -0.1) is 0 Å². The largest absolute Gasteiger partial charge is 0.493 e. The molecule has 2 N–H and O–H groups in total. The van der Waals surface area contributed by atoms with Gasteiger partial charge in [0.05, 0.1) is 6.61 Å². The molecule has 0 aliphatic rings. The van der Waals surface area contributed by atoms with Crippen LogP contribution in [0.15, 0.2) is 42.7 Å². The van der Waals surface area contributed by atoms with Crippen molar-refractivity contribution in [2.45, 2.75) is 26.3 Å². The highest BCUT2D eigenvalue weighted by Crippen LogP contribution is 2.19. The fourth-order valence-corrected chi connectivity index (χ4v) is 2.02. The fraction of sp³-hybridized carbons (Fsp3) is 0.312. The zero-order chi connectivity index (χ0) is 13.5. The topological polar surface area (TPSA) is 48.1 Å². The first-order valence-corrected chi connectivity index (χ1v) is 6.61. The predicted molar refractivity (Wildman–Crippen MR) is 77.1 cm³/mol. The molecule has 0 aliphatic carbocycles. The number of hydrogen-bond donors (Lipinski definition) is 1. The van der Waals surface area contributed by atoms with Crippen LogP contribution in [0.2, 0.25) is 0 Å². The van der Waals surface area contributed by atoms with E-state index in [2.05, 4.69) is 24.0 Å². The van der Waals surface area contributed by atoms with Crippen LogP contribution in [0.5, 0.6) is 5.75 Å². The minimum Gasteiger partial charge on any atom is -0.493 e. The van der Waals surface area contributed by atoms with Gasteiger partial charge in [0, 0.05) is 24.5 Å². The number of pyridine rings is 1. The number of nitrogens with two attached hydrogens (primary N) is 1. The van der Waals surface area contributed by atoms with E-state index in [9.17, 15) is 0 Å². The molecule has 2 aromatic rings. The van der Waals surface area contributed by atoms with E-state index >= 15 is 0 Å². The average molecular weight is 256 g/mol. The van der Waals surface area contributed by atoms with Crippen LogP contribution in [0.3, 0.4) is 0 Å². The average Bonchev–Trinajstić information content (AvgIpc) is 2.46. The molecule has 2 rings (SSSR count). The molecule has 0 fully saturated rings. The monoisotopic (exact) mass is 256 g/mol. The standard InChI is InChI=1S/C16H20N2O/c1-13-4-5-16(15(11-13)12-17)19-10-2-3-14-6-8-18-9-7-14/h4-9,11H,2-3,10,12,17H2,1H3. The highest BCUT2D eigenvalue weighted by atomic mass is 16.5. The highest BCUT2D eigenvalue weighted by Gasteiger charge is 2.02. The Kier molecular flexibility index (Phi) is 4.93. The molecule has 1 heterocycles. The van der Waals surface area contributed by atoms with Gasteiger partial charge < -0.3 is 10.5 Å². The van der Waals surface area contributed by atoms with Crippen LogP contribution in [0.25, 0.3) is 0 Å². The number of hydrogen-bond acceptors (Lipinski definition) is 3. The van der Waals surface area contributed by atoms with Crippen molar-refractivity contribution in [1.82, 2.24) is 4.98 Å². The number of ether oxygens (including phenoxy) is 1. The van der Waals surface area contributed by atoms with Gasteiger partial charge in [-0.2, -0.15) is 0 Å². The molecule has 0 bridgehead atoms. The smallest absolute Gasteiger partial charge is 0.123 e. The Morgan fingerprint density at radius 3 is 2.68 bits per heavy atom. The molecule has 3 nitrogen and oxygen atoms in total. The summed E-state index contributed by atoms with van der Waals surface area (Å²) in [6, 6.07) is 10.2. The summed E-state index contributed by atoms with van der Waals surface area (Å²) < 4.78 is 5.81. The summed E-state index contributed by atoms with van der Waals surface area (Å²) in [5, 5.41) is 0. The molecule has 1 aromatic carbocycles. The molecule has 0 saturated carbocycles. The number of nitrogens with zero attached hydrogens (tertiary/aromatic N) is 1. The quantitative estimate of drug-likeness (QED) is 0.808. The van der Waals surface area contributed by atoms with Crippen LogP contribution in [-0.2, 0) is 13.0 Å². The van der Waals surface area contributed by atoms with Crippen LogP contribution in [0.4, 0.5) is 0 Å². The Balaban J connectivity index is 1.83. The van der Waals surface area contributed by atoms with E-state index in [0.717, 1.165) is 24.2 Å². The molecule has 1 aromatic heterocycles. The van der Waals surface area contributed by atoms with Gasteiger partial charge in [-0.05, 0) is 43.5 Å². The van der Waals surface area contributed by atoms with E-state index in [4.69, 9.17) is 10.5 Å². The van der Waals surface area contributed by atoms with Crippen molar-refractivity contribution in [3.05, 3.63) is 59.4 Å². The molecule has 0 aliphatic heterocycles. The lowest BCUT2D eigenvalue weighted by Gasteiger charge is -2.11. The first-order valence-electron chi connectivity index (χ1n) is 6.61. The third-order valence-electron chi connectivity index (χ3n) is 3.05. The van der Waals surface area contributed by atoms with Gasteiger partial charge in [0.1, 0.15) is 5.75 Å². The summed E-state index contributed by atoms with van der Waals surface area (Å²) in [5.74, 6) is 0.905. The van der Waals surface area contributed by atoms with Crippen molar-refractivity contribution in [2.24, 2.45) is 5.73 Å². The maximum absolute atomic E-state index is 5.81. The molecule has 0 spiro atoms. The summed E-state index contributed by atoms with van der Waals surface area (Å²) >= 11 is 0. The van der Waals surface area contributed by atoms with E-state index in [1.165, 1.54) is 11.1 Å². The fourth-order valence-electron chi connectivity index (χ4n) is 2.02. The molecule has 0 atom stereocenters. The van der Waals surface area contributed by atoms with Crippen molar-refractivity contribution in [3.63, 3.8) is 0 Å². The molecular weight excluding hydrogens is 236 g/mol. The Morgan fingerprint density at radius 2 is 1.95 bits per heavy atom. The lowest BCUT2D eigenvalue weighted by Crippen LogP contribution is -2.05. The van der Waals surface area contributed by atoms with Gasteiger partial charge in [-0.25, -0.2) is 0 Å². The van der Waals surface area contributed by atoms with E-state index in [-0.39, 0.29) is 0 Å². The van der Waals surface area contributed by atoms with Gasteiger partial charge in [0.15, 0.2) is 0 Å². The highest BCUT2D eigenvalue weighted by molar-refractivity contribution is 5.36. The summed E-state index contributed by atoms with van der Waals surface area (Å²) in [5.41, 5.74) is 9.31. The van der Waals surface area contributed by atoms with Crippen molar-refractivity contribution in [3.8, 4) is 5.75 Å². The van der Waals surface area contributed by atoms with Crippen LogP contribution < -0.4 is 10.5 Å². The van der Waals surface area contributed by atoms with Crippen LogP contribution in [0.1, 0.15) is 23.1 Å². The van der Waals surface area contributed by atoms with Crippen molar-refractivity contribution >= 4 is 0 Å². The molecule has 3 heteroatoms. The minimum atomic E-state index is 0.515. The van der Waals surface area contributed by atoms with Gasteiger partial charge in [0.2, 0.25) is 0 Å². The van der Waals surface area contributed by atoms with Crippen LogP contribution in [-0.4, -0.2) is 11.6 Å². The molecule has 0 unspecified atom stereocenters. The lowest BCUT2D eigenvalue weighted by molar-refractivity contribution is 0.308. The number of aryl methyl sites for hydroxylation is 2. The summed E-state index contributed by atoms with van der Waals surface area (Å²) in [6.07, 6.45) is 5.64. The first kappa shape index (κ1) is 13.6. The minimum absolute atomic E-state index is 0.515. The van der Waals surface area contributed by atoms with Crippen LogP contribution in [0, 0.1) is 6.92 Å². The summed E-state index contributed by atoms with van der Waals surface area (Å²) in [6.45, 7) is 3.28. The van der Waals surface area contributed by atoms with E-state index in [1.807, 2.05) is 30.6 Å².